The fourth-order valence-corrected chi connectivity index (χ4v) is 2.54. The zero-order chi connectivity index (χ0) is 17.5. The van der Waals surface area contributed by atoms with E-state index in [2.05, 4.69) is 25.5 Å². The van der Waals surface area contributed by atoms with E-state index in [1.165, 1.54) is 11.8 Å². The summed E-state index contributed by atoms with van der Waals surface area (Å²) < 4.78 is 5.30. The lowest BCUT2D eigenvalue weighted by molar-refractivity contribution is 0.0383. The molecule has 0 spiro atoms. The Morgan fingerprint density at radius 3 is 2.60 bits per heavy atom. The van der Waals surface area contributed by atoms with E-state index >= 15 is 0 Å². The van der Waals surface area contributed by atoms with Crippen LogP contribution in [0.1, 0.15) is 16.1 Å². The van der Waals surface area contributed by atoms with Gasteiger partial charge in [-0.15, -0.1) is 0 Å². The third-order valence-corrected chi connectivity index (χ3v) is 4.03. The first-order chi connectivity index (χ1) is 12.2. The van der Waals surface area contributed by atoms with Gasteiger partial charge in [0.2, 0.25) is 0 Å². The first-order valence-corrected chi connectivity index (χ1v) is 8.45. The summed E-state index contributed by atoms with van der Waals surface area (Å²) in [5.41, 5.74) is 2.44. The van der Waals surface area contributed by atoms with Crippen LogP contribution in [0.4, 0.5) is 11.5 Å². The van der Waals surface area contributed by atoms with Gasteiger partial charge in [-0.1, -0.05) is 17.7 Å². The molecule has 132 valence electrons. The molecule has 25 heavy (non-hydrogen) atoms. The van der Waals surface area contributed by atoms with E-state index in [0.29, 0.717) is 18.1 Å². The van der Waals surface area contributed by atoms with Crippen molar-refractivity contribution in [2.45, 2.75) is 6.92 Å². The topological polar surface area (TPSA) is 79.4 Å². The van der Waals surface area contributed by atoms with Crippen molar-refractivity contribution in [3.63, 3.8) is 0 Å². The van der Waals surface area contributed by atoms with Gasteiger partial charge in [0.05, 0.1) is 25.6 Å². The van der Waals surface area contributed by atoms with Gasteiger partial charge in [0, 0.05) is 31.9 Å². The number of nitrogens with zero attached hydrogens (tertiary/aromatic N) is 3. The molecule has 0 radical (unpaired) electrons. The third-order valence-electron chi connectivity index (χ3n) is 4.03. The van der Waals surface area contributed by atoms with Crippen LogP contribution in [-0.4, -0.2) is 60.2 Å². The number of aryl methyl sites for hydroxylation is 1. The van der Waals surface area contributed by atoms with Gasteiger partial charge in [-0.25, -0.2) is 9.97 Å². The lowest BCUT2D eigenvalue weighted by Crippen LogP contribution is -2.41. The molecule has 1 amide bonds. The summed E-state index contributed by atoms with van der Waals surface area (Å²) in [5.74, 6) is 0.399. The summed E-state index contributed by atoms with van der Waals surface area (Å²) in [5, 5.41) is 6.04. The van der Waals surface area contributed by atoms with Crippen molar-refractivity contribution in [1.29, 1.82) is 0 Å². The molecule has 2 aromatic rings. The number of anilines is 2. The summed E-state index contributed by atoms with van der Waals surface area (Å²) in [6, 6.07) is 7.99. The van der Waals surface area contributed by atoms with E-state index in [0.717, 1.165) is 38.5 Å². The molecule has 0 saturated carbocycles. The number of aromatic nitrogens is 2. The van der Waals surface area contributed by atoms with Gasteiger partial charge >= 0.3 is 0 Å². The summed E-state index contributed by atoms with van der Waals surface area (Å²) in [6.07, 6.45) is 3.05. The number of carbonyl (C=O) groups excluding carboxylic acids is 1. The molecule has 1 fully saturated rings. The molecular weight excluding hydrogens is 318 g/mol. The van der Waals surface area contributed by atoms with E-state index in [9.17, 15) is 4.79 Å². The normalized spacial score (nSPS) is 14.9. The number of hydrogen-bond donors (Lipinski definition) is 2. The standard InChI is InChI=1S/C18H23N5O2/c1-14-2-4-15(5-3-14)22-17-13-20-16(12-21-17)18(24)19-6-7-23-8-10-25-11-9-23/h2-5,12-13H,6-11H2,1H3,(H,19,24)(H,21,22). The molecule has 1 aliphatic heterocycles. The minimum Gasteiger partial charge on any atom is -0.379 e. The summed E-state index contributed by atoms with van der Waals surface area (Å²) in [4.78, 5) is 22.8. The van der Waals surface area contributed by atoms with Crippen molar-refractivity contribution < 1.29 is 9.53 Å². The minimum absolute atomic E-state index is 0.206. The largest absolute Gasteiger partial charge is 0.379 e. The maximum atomic E-state index is 12.1. The smallest absolute Gasteiger partial charge is 0.271 e. The van der Waals surface area contributed by atoms with Gasteiger partial charge in [0.25, 0.3) is 5.91 Å². The van der Waals surface area contributed by atoms with Gasteiger partial charge in [-0.3, -0.25) is 9.69 Å². The molecular formula is C18H23N5O2. The number of hydrogen-bond acceptors (Lipinski definition) is 6. The molecule has 0 bridgehead atoms. The first kappa shape index (κ1) is 17.3. The Kier molecular flexibility index (Phi) is 5.92. The average Bonchev–Trinajstić information content (AvgIpc) is 2.65. The number of ether oxygens (including phenoxy) is 1. The second-order valence-electron chi connectivity index (χ2n) is 5.99. The Morgan fingerprint density at radius 2 is 1.92 bits per heavy atom. The molecule has 7 heteroatoms. The molecule has 0 unspecified atom stereocenters. The Labute approximate surface area is 147 Å². The highest BCUT2D eigenvalue weighted by Gasteiger charge is 2.11. The average molecular weight is 341 g/mol. The van der Waals surface area contributed by atoms with E-state index in [1.807, 2.05) is 31.2 Å². The number of amides is 1. The Balaban J connectivity index is 1.47. The van der Waals surface area contributed by atoms with E-state index in [1.54, 1.807) is 6.20 Å². The maximum Gasteiger partial charge on any atom is 0.271 e. The molecule has 0 aliphatic carbocycles. The second-order valence-corrected chi connectivity index (χ2v) is 5.99. The summed E-state index contributed by atoms with van der Waals surface area (Å²) in [7, 11) is 0. The van der Waals surface area contributed by atoms with Gasteiger partial charge < -0.3 is 15.4 Å². The van der Waals surface area contributed by atoms with E-state index in [-0.39, 0.29) is 5.91 Å². The molecule has 7 nitrogen and oxygen atoms in total. The third kappa shape index (κ3) is 5.23. The molecule has 3 rings (SSSR count). The van der Waals surface area contributed by atoms with Crippen LogP contribution in [0.5, 0.6) is 0 Å². The highest BCUT2D eigenvalue weighted by atomic mass is 16.5. The van der Waals surface area contributed by atoms with Crippen molar-refractivity contribution in [1.82, 2.24) is 20.2 Å². The van der Waals surface area contributed by atoms with E-state index < -0.39 is 0 Å². The number of benzene rings is 1. The molecule has 2 heterocycles. The molecule has 1 aromatic heterocycles. The lowest BCUT2D eigenvalue weighted by atomic mass is 10.2. The Hall–Kier alpha value is -2.51. The SMILES string of the molecule is Cc1ccc(Nc2cnc(C(=O)NCCN3CCOCC3)cn2)cc1. The van der Waals surface area contributed by atoms with Crippen LogP contribution in [0.3, 0.4) is 0 Å². The van der Waals surface area contributed by atoms with Crippen molar-refractivity contribution >= 4 is 17.4 Å². The van der Waals surface area contributed by atoms with Crippen LogP contribution in [0.15, 0.2) is 36.7 Å². The van der Waals surface area contributed by atoms with Crippen LogP contribution in [0.25, 0.3) is 0 Å². The molecule has 1 aliphatic rings. The minimum atomic E-state index is -0.206. The summed E-state index contributed by atoms with van der Waals surface area (Å²) in [6.45, 7) is 6.78. The van der Waals surface area contributed by atoms with Crippen LogP contribution < -0.4 is 10.6 Å². The zero-order valence-corrected chi connectivity index (χ0v) is 14.4. The van der Waals surface area contributed by atoms with Crippen LogP contribution in [-0.2, 0) is 4.74 Å². The van der Waals surface area contributed by atoms with Crippen LogP contribution in [0.2, 0.25) is 0 Å². The molecule has 1 aromatic carbocycles. The lowest BCUT2D eigenvalue weighted by Gasteiger charge is -2.26. The highest BCUT2D eigenvalue weighted by Crippen LogP contribution is 2.14. The van der Waals surface area contributed by atoms with Crippen molar-refractivity contribution in [2.75, 3.05) is 44.7 Å². The predicted molar refractivity (Wildman–Crippen MR) is 96.1 cm³/mol. The van der Waals surface area contributed by atoms with Crippen molar-refractivity contribution in [3.05, 3.63) is 47.9 Å². The Morgan fingerprint density at radius 1 is 1.16 bits per heavy atom. The molecule has 1 saturated heterocycles. The number of nitrogens with one attached hydrogen (secondary N) is 2. The quantitative estimate of drug-likeness (QED) is 0.831. The molecule has 0 atom stereocenters. The summed E-state index contributed by atoms with van der Waals surface area (Å²) >= 11 is 0. The van der Waals surface area contributed by atoms with Gasteiger partial charge in [-0.2, -0.15) is 0 Å². The van der Waals surface area contributed by atoms with Crippen molar-refractivity contribution in [2.24, 2.45) is 0 Å². The number of rotatable bonds is 6. The predicted octanol–water partition coefficient (Wildman–Crippen LogP) is 1.59. The Bertz CT molecular complexity index is 682. The van der Waals surface area contributed by atoms with Gasteiger partial charge in [0.1, 0.15) is 11.5 Å². The van der Waals surface area contributed by atoms with Crippen molar-refractivity contribution in [3.8, 4) is 0 Å². The first-order valence-electron chi connectivity index (χ1n) is 8.45. The van der Waals surface area contributed by atoms with E-state index in [4.69, 9.17) is 4.74 Å². The van der Waals surface area contributed by atoms with Gasteiger partial charge in [-0.05, 0) is 19.1 Å². The maximum absolute atomic E-state index is 12.1. The van der Waals surface area contributed by atoms with Crippen LogP contribution in [0, 0.1) is 6.92 Å². The zero-order valence-electron chi connectivity index (χ0n) is 14.4. The molecule has 2 N–H and O–H groups in total. The second kappa shape index (κ2) is 8.55. The number of morpholine rings is 1. The fourth-order valence-electron chi connectivity index (χ4n) is 2.54. The highest BCUT2D eigenvalue weighted by molar-refractivity contribution is 5.92. The van der Waals surface area contributed by atoms with Crippen LogP contribution >= 0.6 is 0 Å². The fraction of sp³-hybridized carbons (Fsp3) is 0.389. The monoisotopic (exact) mass is 341 g/mol. The van der Waals surface area contributed by atoms with Gasteiger partial charge in [0.15, 0.2) is 0 Å². The number of carbonyl (C=O) groups is 1.